The van der Waals surface area contributed by atoms with E-state index in [0.717, 1.165) is 0 Å². The molecule has 0 fully saturated rings. The third kappa shape index (κ3) is 2.31. The lowest BCUT2D eigenvalue weighted by Gasteiger charge is -2.18. The van der Waals surface area contributed by atoms with Crippen LogP contribution in [-0.4, -0.2) is 29.3 Å². The van der Waals surface area contributed by atoms with Crippen LogP contribution in [0, 0.1) is 0 Å². The molecule has 1 unspecified atom stereocenters. The fraction of sp³-hybridized carbons (Fsp3) is 0.300. The number of hydrogen-bond donors (Lipinski definition) is 3. The molecule has 4 nitrogen and oxygen atoms in total. The van der Waals surface area contributed by atoms with Gasteiger partial charge in [-0.25, -0.2) is 0 Å². The predicted octanol–water partition coefficient (Wildman–Crippen LogP) is 0.393. The molecule has 0 aliphatic rings. The summed E-state index contributed by atoms with van der Waals surface area (Å²) in [6.45, 7) is 0. The van der Waals surface area contributed by atoms with Crippen molar-refractivity contribution in [1.82, 2.24) is 5.32 Å². The lowest BCUT2D eigenvalue weighted by molar-refractivity contribution is -0.142. The maximum absolute atomic E-state index is 10.7. The first-order chi connectivity index (χ1) is 6.66. The highest BCUT2D eigenvalue weighted by atomic mass is 16.4. The lowest BCUT2D eigenvalue weighted by atomic mass is 10.0. The van der Waals surface area contributed by atoms with E-state index in [0.29, 0.717) is 5.56 Å². The molecule has 0 aliphatic carbocycles. The summed E-state index contributed by atoms with van der Waals surface area (Å²) in [5, 5.41) is 21.0. The van der Waals surface area contributed by atoms with Gasteiger partial charge in [-0.15, -0.1) is 0 Å². The summed E-state index contributed by atoms with van der Waals surface area (Å²) in [5.41, 5.74) is 0.592. The summed E-state index contributed by atoms with van der Waals surface area (Å²) >= 11 is 0. The quantitative estimate of drug-likeness (QED) is 0.650. The minimum Gasteiger partial charge on any atom is -0.480 e. The normalized spacial score (nSPS) is 14.7. The van der Waals surface area contributed by atoms with Crippen molar-refractivity contribution in [3.05, 3.63) is 35.9 Å². The molecule has 1 aromatic rings. The van der Waals surface area contributed by atoms with Crippen LogP contribution in [-0.2, 0) is 4.79 Å². The Kier molecular flexibility index (Phi) is 3.62. The van der Waals surface area contributed by atoms with Gasteiger partial charge < -0.3 is 15.5 Å². The molecule has 0 aliphatic heterocycles. The molecule has 0 spiro atoms. The number of carboxylic acid groups (broad SMARTS) is 1. The topological polar surface area (TPSA) is 69.6 Å². The van der Waals surface area contributed by atoms with E-state index in [2.05, 4.69) is 5.32 Å². The molecule has 0 amide bonds. The minimum absolute atomic E-state index is 0.592. The number of rotatable bonds is 4. The van der Waals surface area contributed by atoms with Crippen molar-refractivity contribution in [2.24, 2.45) is 0 Å². The summed E-state index contributed by atoms with van der Waals surface area (Å²) in [5.74, 6) is -1.07. The number of likely N-dealkylation sites (N-methyl/N-ethyl adjacent to an activating group) is 1. The summed E-state index contributed by atoms with van der Waals surface area (Å²) in [4.78, 5) is 10.7. The Labute approximate surface area is 82.2 Å². The Hall–Kier alpha value is -1.39. The Bertz CT molecular complexity index is 299. The zero-order valence-electron chi connectivity index (χ0n) is 7.84. The average Bonchev–Trinajstić information content (AvgIpc) is 2.19. The second-order valence-electron chi connectivity index (χ2n) is 2.96. The van der Waals surface area contributed by atoms with Gasteiger partial charge in [0.05, 0.1) is 0 Å². The van der Waals surface area contributed by atoms with Crippen molar-refractivity contribution >= 4 is 5.97 Å². The summed E-state index contributed by atoms with van der Waals surface area (Å²) in [7, 11) is 1.50. The summed E-state index contributed by atoms with van der Waals surface area (Å²) in [6.07, 6.45) is -1.03. The highest BCUT2D eigenvalue weighted by Crippen LogP contribution is 2.16. The monoisotopic (exact) mass is 195 g/mol. The van der Waals surface area contributed by atoms with Crippen molar-refractivity contribution in [1.29, 1.82) is 0 Å². The average molecular weight is 195 g/mol. The summed E-state index contributed by atoms with van der Waals surface area (Å²) in [6, 6.07) is 7.74. The first-order valence-electron chi connectivity index (χ1n) is 4.30. The van der Waals surface area contributed by atoms with Crippen LogP contribution in [0.3, 0.4) is 0 Å². The predicted molar refractivity (Wildman–Crippen MR) is 51.9 cm³/mol. The summed E-state index contributed by atoms with van der Waals surface area (Å²) < 4.78 is 0. The molecule has 1 rings (SSSR count). The largest absolute Gasteiger partial charge is 0.480 e. The number of aliphatic hydroxyl groups excluding tert-OH is 1. The Morgan fingerprint density at radius 2 is 1.93 bits per heavy atom. The lowest BCUT2D eigenvalue weighted by Crippen LogP contribution is -2.39. The second kappa shape index (κ2) is 4.74. The molecule has 0 saturated carbocycles. The first-order valence-corrected chi connectivity index (χ1v) is 4.30. The van der Waals surface area contributed by atoms with E-state index in [1.807, 2.05) is 6.07 Å². The number of aliphatic carboxylic acids is 1. The van der Waals surface area contributed by atoms with Gasteiger partial charge in [-0.1, -0.05) is 30.3 Å². The van der Waals surface area contributed by atoms with Crippen LogP contribution >= 0.6 is 0 Å². The van der Waals surface area contributed by atoms with Crippen LogP contribution in [0.4, 0.5) is 0 Å². The SMILES string of the molecule is CN[C@H](C(=O)O)C(O)c1ccccc1. The van der Waals surface area contributed by atoms with E-state index in [9.17, 15) is 9.90 Å². The Balaban J connectivity index is 2.83. The molecule has 3 N–H and O–H groups in total. The molecule has 76 valence electrons. The van der Waals surface area contributed by atoms with E-state index >= 15 is 0 Å². The highest BCUT2D eigenvalue weighted by molar-refractivity contribution is 5.74. The van der Waals surface area contributed by atoms with Crippen LogP contribution in [0.5, 0.6) is 0 Å². The molecule has 4 heteroatoms. The Morgan fingerprint density at radius 3 is 2.36 bits per heavy atom. The zero-order chi connectivity index (χ0) is 10.6. The first kappa shape index (κ1) is 10.7. The number of carboxylic acids is 1. The van der Waals surface area contributed by atoms with E-state index in [1.165, 1.54) is 7.05 Å². The van der Waals surface area contributed by atoms with Crippen LogP contribution < -0.4 is 5.32 Å². The van der Waals surface area contributed by atoms with Crippen molar-refractivity contribution in [3.63, 3.8) is 0 Å². The van der Waals surface area contributed by atoms with Gasteiger partial charge in [0.1, 0.15) is 12.1 Å². The number of hydrogen-bond acceptors (Lipinski definition) is 3. The van der Waals surface area contributed by atoms with Gasteiger partial charge in [0.2, 0.25) is 0 Å². The van der Waals surface area contributed by atoms with Crippen molar-refractivity contribution in [2.75, 3.05) is 7.05 Å². The van der Waals surface area contributed by atoms with E-state index in [1.54, 1.807) is 24.3 Å². The highest BCUT2D eigenvalue weighted by Gasteiger charge is 2.25. The molecule has 0 heterocycles. The van der Waals surface area contributed by atoms with Gasteiger partial charge in [-0.2, -0.15) is 0 Å². The smallest absolute Gasteiger partial charge is 0.323 e. The van der Waals surface area contributed by atoms with Gasteiger partial charge >= 0.3 is 5.97 Å². The maximum Gasteiger partial charge on any atom is 0.323 e. The third-order valence-electron chi connectivity index (χ3n) is 2.03. The maximum atomic E-state index is 10.7. The molecule has 2 atom stereocenters. The van der Waals surface area contributed by atoms with Gasteiger partial charge in [-0.3, -0.25) is 4.79 Å². The number of carbonyl (C=O) groups is 1. The van der Waals surface area contributed by atoms with Gasteiger partial charge in [0.25, 0.3) is 0 Å². The molecule has 1 aromatic carbocycles. The Morgan fingerprint density at radius 1 is 1.36 bits per heavy atom. The number of benzene rings is 1. The third-order valence-corrected chi connectivity index (χ3v) is 2.03. The standard InChI is InChI=1S/C10H13NO3/c1-11-8(10(13)14)9(12)7-5-3-2-4-6-7/h2-6,8-9,11-12H,1H3,(H,13,14)/t8-,9?/m0/s1. The van der Waals surface area contributed by atoms with Crippen molar-refractivity contribution in [3.8, 4) is 0 Å². The fourth-order valence-corrected chi connectivity index (χ4v) is 1.26. The molecule has 0 aromatic heterocycles. The van der Waals surface area contributed by atoms with E-state index < -0.39 is 18.1 Å². The molecule has 0 saturated heterocycles. The van der Waals surface area contributed by atoms with Gasteiger partial charge in [0.15, 0.2) is 0 Å². The van der Waals surface area contributed by atoms with Crippen LogP contribution in [0.2, 0.25) is 0 Å². The molecule has 14 heavy (non-hydrogen) atoms. The van der Waals surface area contributed by atoms with Gasteiger partial charge in [0, 0.05) is 0 Å². The van der Waals surface area contributed by atoms with Crippen LogP contribution in [0.1, 0.15) is 11.7 Å². The number of nitrogens with one attached hydrogen (secondary N) is 1. The zero-order valence-corrected chi connectivity index (χ0v) is 7.84. The van der Waals surface area contributed by atoms with E-state index in [4.69, 9.17) is 5.11 Å². The minimum atomic E-state index is -1.07. The molecule has 0 radical (unpaired) electrons. The van der Waals surface area contributed by atoms with Crippen LogP contribution in [0.25, 0.3) is 0 Å². The molecule has 0 bridgehead atoms. The van der Waals surface area contributed by atoms with E-state index in [-0.39, 0.29) is 0 Å². The molecular formula is C10H13NO3. The fourth-order valence-electron chi connectivity index (χ4n) is 1.26. The van der Waals surface area contributed by atoms with Gasteiger partial charge in [-0.05, 0) is 12.6 Å². The molecular weight excluding hydrogens is 182 g/mol. The van der Waals surface area contributed by atoms with Crippen LogP contribution in [0.15, 0.2) is 30.3 Å². The second-order valence-corrected chi connectivity index (χ2v) is 2.96. The van der Waals surface area contributed by atoms with Crippen molar-refractivity contribution in [2.45, 2.75) is 12.1 Å². The van der Waals surface area contributed by atoms with Crippen molar-refractivity contribution < 1.29 is 15.0 Å². The number of aliphatic hydroxyl groups is 1.